The molecule has 0 aliphatic carbocycles. The number of methoxy groups -OCH3 is 1. The van der Waals surface area contributed by atoms with Crippen molar-refractivity contribution in [1.29, 1.82) is 0 Å². The lowest BCUT2D eigenvalue weighted by Crippen LogP contribution is -2.42. The highest BCUT2D eigenvalue weighted by Crippen LogP contribution is 2.27. The molecule has 0 aliphatic rings. The van der Waals surface area contributed by atoms with Crippen LogP contribution in [0, 0.1) is 0 Å². The number of nitrogens with one attached hydrogen (secondary N) is 1. The summed E-state index contributed by atoms with van der Waals surface area (Å²) in [5, 5.41) is 3.01. The maximum atomic E-state index is 12.6. The van der Waals surface area contributed by atoms with Crippen molar-refractivity contribution >= 4 is 34.4 Å². The van der Waals surface area contributed by atoms with Gasteiger partial charge in [0.05, 0.1) is 19.1 Å². The number of halogens is 1. The van der Waals surface area contributed by atoms with E-state index in [0.717, 1.165) is 4.57 Å². The van der Waals surface area contributed by atoms with Gasteiger partial charge in [0.15, 0.2) is 11.2 Å². The molecule has 3 rings (SSSR count). The largest absolute Gasteiger partial charge is 0.495 e. The molecule has 0 saturated heterocycles. The fourth-order valence-electron chi connectivity index (χ4n) is 2.65. The van der Waals surface area contributed by atoms with Gasteiger partial charge in [0, 0.05) is 19.1 Å². The number of imidazole rings is 1. The van der Waals surface area contributed by atoms with Crippen LogP contribution >= 0.6 is 11.6 Å². The minimum atomic E-state index is -0.630. The molecule has 1 aromatic carbocycles. The second kappa shape index (κ2) is 6.68. The molecule has 0 unspecified atom stereocenters. The van der Waals surface area contributed by atoms with Gasteiger partial charge in [-0.15, -0.1) is 0 Å². The monoisotopic (exact) mass is 377 g/mol. The Bertz CT molecular complexity index is 1130. The number of fused-ring (bicyclic) bond motifs is 1. The lowest BCUT2D eigenvalue weighted by atomic mass is 10.3. The molecular weight excluding hydrogens is 362 g/mol. The second-order valence-electron chi connectivity index (χ2n) is 5.65. The van der Waals surface area contributed by atoms with Crippen LogP contribution in [0.4, 0.5) is 5.69 Å². The number of hydrogen-bond donors (Lipinski definition) is 1. The second-order valence-corrected chi connectivity index (χ2v) is 6.09. The van der Waals surface area contributed by atoms with Gasteiger partial charge in [-0.25, -0.2) is 14.3 Å². The van der Waals surface area contributed by atoms with Crippen LogP contribution in [0.1, 0.15) is 0 Å². The molecule has 9 nitrogen and oxygen atoms in total. The first-order valence-corrected chi connectivity index (χ1v) is 7.95. The molecule has 26 heavy (non-hydrogen) atoms. The van der Waals surface area contributed by atoms with Crippen LogP contribution in [0.3, 0.4) is 0 Å². The average Bonchev–Trinajstić information content (AvgIpc) is 2.99. The summed E-state index contributed by atoms with van der Waals surface area (Å²) in [6.07, 6.45) is 1.44. The van der Waals surface area contributed by atoms with Crippen LogP contribution in [0.25, 0.3) is 11.2 Å². The predicted molar refractivity (Wildman–Crippen MR) is 96.8 cm³/mol. The van der Waals surface area contributed by atoms with Crippen LogP contribution < -0.4 is 21.3 Å². The summed E-state index contributed by atoms with van der Waals surface area (Å²) in [6, 6.07) is 4.74. The van der Waals surface area contributed by atoms with Gasteiger partial charge in [-0.2, -0.15) is 0 Å². The highest BCUT2D eigenvalue weighted by Gasteiger charge is 2.17. The summed E-state index contributed by atoms with van der Waals surface area (Å²) in [7, 11) is 4.59. The third-order valence-corrected chi connectivity index (χ3v) is 4.17. The van der Waals surface area contributed by atoms with Crippen LogP contribution in [0.15, 0.2) is 34.1 Å². The minimum Gasteiger partial charge on any atom is -0.495 e. The van der Waals surface area contributed by atoms with E-state index in [1.54, 1.807) is 19.2 Å². The summed E-state index contributed by atoms with van der Waals surface area (Å²) in [6.45, 7) is -0.456. The van der Waals surface area contributed by atoms with Gasteiger partial charge < -0.3 is 14.6 Å². The Balaban J connectivity index is 1.98. The van der Waals surface area contributed by atoms with Crippen molar-refractivity contribution in [2.45, 2.75) is 6.54 Å². The number of anilines is 1. The van der Waals surface area contributed by atoms with E-state index in [2.05, 4.69) is 10.3 Å². The standard InChI is InChI=1S/C16H16ClN5O4/c1-20-8-18-14-13(20)15(24)22(16(25)21(14)2)7-12(23)19-10-6-9(17)4-5-11(10)26-3/h4-6,8H,7H2,1-3H3,(H,19,23). The van der Waals surface area contributed by atoms with Crippen molar-refractivity contribution in [2.24, 2.45) is 14.1 Å². The molecule has 2 heterocycles. The Morgan fingerprint density at radius 1 is 1.31 bits per heavy atom. The number of aryl methyl sites for hydroxylation is 2. The first-order chi connectivity index (χ1) is 12.3. The molecule has 0 saturated carbocycles. The Hall–Kier alpha value is -3.07. The number of aromatic nitrogens is 4. The zero-order valence-electron chi connectivity index (χ0n) is 14.3. The Kier molecular flexibility index (Phi) is 4.56. The number of benzene rings is 1. The molecule has 0 spiro atoms. The van der Waals surface area contributed by atoms with Crippen molar-refractivity contribution in [1.82, 2.24) is 18.7 Å². The van der Waals surface area contributed by atoms with Gasteiger partial charge in [0.2, 0.25) is 5.91 Å². The number of nitrogens with zero attached hydrogens (tertiary/aromatic N) is 4. The van der Waals surface area contributed by atoms with Crippen LogP contribution in [0.2, 0.25) is 5.02 Å². The van der Waals surface area contributed by atoms with E-state index >= 15 is 0 Å². The van der Waals surface area contributed by atoms with Gasteiger partial charge in [-0.05, 0) is 18.2 Å². The summed E-state index contributed by atoms with van der Waals surface area (Å²) < 4.78 is 8.75. The summed E-state index contributed by atoms with van der Waals surface area (Å²) in [5.41, 5.74) is -0.377. The molecule has 0 radical (unpaired) electrons. The number of hydrogen-bond acceptors (Lipinski definition) is 5. The van der Waals surface area contributed by atoms with E-state index < -0.39 is 23.7 Å². The van der Waals surface area contributed by atoms with Crippen molar-refractivity contribution in [3.05, 3.63) is 50.4 Å². The van der Waals surface area contributed by atoms with Crippen LogP contribution in [-0.2, 0) is 25.4 Å². The van der Waals surface area contributed by atoms with Gasteiger partial charge in [0.25, 0.3) is 5.56 Å². The van der Waals surface area contributed by atoms with E-state index in [9.17, 15) is 14.4 Å². The number of rotatable bonds is 4. The van der Waals surface area contributed by atoms with Gasteiger partial charge >= 0.3 is 5.69 Å². The third-order valence-electron chi connectivity index (χ3n) is 3.94. The molecule has 1 amide bonds. The topological polar surface area (TPSA) is 100 Å². The van der Waals surface area contributed by atoms with E-state index in [4.69, 9.17) is 16.3 Å². The summed E-state index contributed by atoms with van der Waals surface area (Å²) in [5.74, 6) is -0.156. The van der Waals surface area contributed by atoms with Crippen LogP contribution in [0.5, 0.6) is 5.75 Å². The Labute approximate surface area is 152 Å². The molecule has 2 aromatic heterocycles. The zero-order valence-corrected chi connectivity index (χ0v) is 15.1. The Morgan fingerprint density at radius 3 is 2.73 bits per heavy atom. The van der Waals surface area contributed by atoms with Gasteiger partial charge in [-0.3, -0.25) is 14.2 Å². The highest BCUT2D eigenvalue weighted by molar-refractivity contribution is 6.31. The van der Waals surface area contributed by atoms with Crippen LogP contribution in [-0.4, -0.2) is 31.7 Å². The zero-order chi connectivity index (χ0) is 19.0. The number of amides is 1. The molecule has 0 atom stereocenters. The molecule has 136 valence electrons. The lowest BCUT2D eigenvalue weighted by Gasteiger charge is -2.12. The molecule has 10 heteroatoms. The fourth-order valence-corrected chi connectivity index (χ4v) is 2.82. The number of carbonyl (C=O) groups excluding carboxylic acids is 1. The smallest absolute Gasteiger partial charge is 0.332 e. The average molecular weight is 378 g/mol. The first-order valence-electron chi connectivity index (χ1n) is 7.57. The summed E-state index contributed by atoms with van der Waals surface area (Å²) in [4.78, 5) is 41.5. The molecule has 0 aliphatic heterocycles. The van der Waals surface area contributed by atoms with Crippen molar-refractivity contribution in [3.63, 3.8) is 0 Å². The summed E-state index contributed by atoms with van der Waals surface area (Å²) >= 11 is 5.93. The van der Waals surface area contributed by atoms with Crippen molar-refractivity contribution < 1.29 is 9.53 Å². The lowest BCUT2D eigenvalue weighted by molar-refractivity contribution is -0.116. The highest BCUT2D eigenvalue weighted by atomic mass is 35.5. The Morgan fingerprint density at radius 2 is 2.04 bits per heavy atom. The molecule has 0 fully saturated rings. The molecule has 3 aromatic rings. The normalized spacial score (nSPS) is 10.9. The number of carbonyl (C=O) groups is 1. The van der Waals surface area contributed by atoms with Gasteiger partial charge in [-0.1, -0.05) is 11.6 Å². The predicted octanol–water partition coefficient (Wildman–Crippen LogP) is 0.734. The SMILES string of the molecule is COc1ccc(Cl)cc1NC(=O)Cn1c(=O)c2c(ncn2C)n(C)c1=O. The van der Waals surface area contributed by atoms with Crippen molar-refractivity contribution in [3.8, 4) is 5.75 Å². The molecule has 1 N–H and O–H groups in total. The van der Waals surface area contributed by atoms with E-state index in [0.29, 0.717) is 16.5 Å². The van der Waals surface area contributed by atoms with Crippen molar-refractivity contribution in [2.75, 3.05) is 12.4 Å². The maximum absolute atomic E-state index is 12.6. The van der Waals surface area contributed by atoms with E-state index in [1.807, 2.05) is 0 Å². The number of ether oxygens (including phenoxy) is 1. The molecule has 0 bridgehead atoms. The van der Waals surface area contributed by atoms with E-state index in [1.165, 1.54) is 35.7 Å². The third kappa shape index (κ3) is 2.97. The molecular formula is C16H16ClN5O4. The fraction of sp³-hybridized carbons (Fsp3) is 0.250. The first kappa shape index (κ1) is 17.7. The quantitative estimate of drug-likeness (QED) is 0.722. The maximum Gasteiger partial charge on any atom is 0.332 e. The van der Waals surface area contributed by atoms with Gasteiger partial charge in [0.1, 0.15) is 12.3 Å². The van der Waals surface area contributed by atoms with E-state index in [-0.39, 0.29) is 11.2 Å². The minimum absolute atomic E-state index is 0.236.